The second-order valence-electron chi connectivity index (χ2n) is 1.26. The third kappa shape index (κ3) is 5.59. The van der Waals surface area contributed by atoms with Gasteiger partial charge in [-0.1, -0.05) is 17.9 Å². The van der Waals surface area contributed by atoms with Crippen LogP contribution < -0.4 is 0 Å². The summed E-state index contributed by atoms with van der Waals surface area (Å²) < 4.78 is 0. The van der Waals surface area contributed by atoms with Crippen molar-refractivity contribution in [1.82, 2.24) is 0 Å². The second kappa shape index (κ2) is 6.59. The highest BCUT2D eigenvalue weighted by molar-refractivity contribution is 6.18. The Balaban J connectivity index is 3.21. The predicted molar refractivity (Wildman–Crippen MR) is 37.9 cm³/mol. The number of hydrogen-bond donors (Lipinski definition) is 0. The smallest absolute Gasteiger partial charge is 0.0333 e. The van der Waals surface area contributed by atoms with Crippen molar-refractivity contribution in [2.75, 3.05) is 5.88 Å². The average molecular weight is 129 g/mol. The van der Waals surface area contributed by atoms with Crippen LogP contribution in [0.2, 0.25) is 0 Å². The van der Waals surface area contributed by atoms with Crippen LogP contribution in [0.4, 0.5) is 0 Å². The summed E-state index contributed by atoms with van der Waals surface area (Å²) in [6, 6.07) is 0. The lowest BCUT2D eigenvalue weighted by Gasteiger charge is -1.71. The highest BCUT2D eigenvalue weighted by Gasteiger charge is 1.67. The summed E-state index contributed by atoms with van der Waals surface area (Å²) in [4.78, 5) is 0. The van der Waals surface area contributed by atoms with Gasteiger partial charge >= 0.3 is 0 Å². The Morgan fingerprint density at radius 3 is 2.88 bits per heavy atom. The van der Waals surface area contributed by atoms with Crippen molar-refractivity contribution in [2.45, 2.75) is 13.3 Å². The molecule has 0 fully saturated rings. The van der Waals surface area contributed by atoms with E-state index < -0.39 is 0 Å². The quantitative estimate of drug-likeness (QED) is 0.375. The van der Waals surface area contributed by atoms with Gasteiger partial charge in [0.05, 0.1) is 0 Å². The van der Waals surface area contributed by atoms with Crippen molar-refractivity contribution in [1.29, 1.82) is 0 Å². The summed E-state index contributed by atoms with van der Waals surface area (Å²) in [6.07, 6.45) is 4.50. The Morgan fingerprint density at radius 2 is 2.38 bits per heavy atom. The van der Waals surface area contributed by atoms with Crippen molar-refractivity contribution in [3.8, 4) is 11.8 Å². The van der Waals surface area contributed by atoms with Crippen molar-refractivity contribution >= 4 is 11.6 Å². The Labute approximate surface area is 55.5 Å². The lowest BCUT2D eigenvalue weighted by atomic mass is 10.4. The minimum Gasteiger partial charge on any atom is -0.126 e. The zero-order valence-corrected chi connectivity index (χ0v) is 5.70. The maximum atomic E-state index is 5.35. The number of rotatable bonds is 1. The topological polar surface area (TPSA) is 0 Å². The van der Waals surface area contributed by atoms with E-state index in [2.05, 4.69) is 11.8 Å². The summed E-state index contributed by atoms with van der Waals surface area (Å²) in [5, 5.41) is 0. The fraction of sp³-hybridized carbons (Fsp3) is 0.429. The summed E-state index contributed by atoms with van der Waals surface area (Å²) in [6.45, 7) is 1.94. The molecule has 0 unspecified atom stereocenters. The molecule has 0 N–H and O–H groups in total. The first-order valence-corrected chi connectivity index (χ1v) is 3.10. The maximum Gasteiger partial charge on any atom is 0.0333 e. The monoisotopic (exact) mass is 128 g/mol. The van der Waals surface area contributed by atoms with Crippen LogP contribution in [0.5, 0.6) is 0 Å². The van der Waals surface area contributed by atoms with Gasteiger partial charge in [-0.25, -0.2) is 0 Å². The van der Waals surface area contributed by atoms with Crippen molar-refractivity contribution in [3.05, 3.63) is 12.2 Å². The summed E-state index contributed by atoms with van der Waals surface area (Å²) in [7, 11) is 0. The molecule has 1 heteroatoms. The molecule has 0 aliphatic carbocycles. The van der Waals surface area contributed by atoms with Gasteiger partial charge in [-0.3, -0.25) is 0 Å². The highest BCUT2D eigenvalue weighted by Crippen LogP contribution is 1.79. The molecule has 0 radical (unpaired) electrons. The van der Waals surface area contributed by atoms with E-state index in [0.29, 0.717) is 5.88 Å². The number of allylic oxidation sites excluding steroid dienone is 2. The van der Waals surface area contributed by atoms with E-state index >= 15 is 0 Å². The first-order chi connectivity index (χ1) is 3.91. The molecule has 0 saturated heterocycles. The van der Waals surface area contributed by atoms with E-state index in [1.54, 1.807) is 0 Å². The molecule has 8 heavy (non-hydrogen) atoms. The molecule has 0 aromatic heterocycles. The molecule has 0 heterocycles. The van der Waals surface area contributed by atoms with Crippen LogP contribution in [0, 0.1) is 11.8 Å². The first kappa shape index (κ1) is 7.59. The predicted octanol–water partition coefficient (Wildman–Crippen LogP) is 2.19. The molecule has 0 aliphatic rings. The third-order valence-corrected chi connectivity index (χ3v) is 0.761. The van der Waals surface area contributed by atoms with Gasteiger partial charge in [0.1, 0.15) is 0 Å². The van der Waals surface area contributed by atoms with Crippen LogP contribution >= 0.6 is 11.6 Å². The van der Waals surface area contributed by atoms with E-state index in [4.69, 9.17) is 11.6 Å². The zero-order valence-electron chi connectivity index (χ0n) is 4.95. The standard InChI is InChI=1S/C7H9Cl/c1-2-3-4-5-6-7-8/h2-3H,6-7H2,1H3/b3-2+. The summed E-state index contributed by atoms with van der Waals surface area (Å²) in [5.74, 6) is 6.32. The molecule has 0 rings (SSSR count). The lowest BCUT2D eigenvalue weighted by Crippen LogP contribution is -1.64. The van der Waals surface area contributed by atoms with Crippen LogP contribution in [0.3, 0.4) is 0 Å². The minimum absolute atomic E-state index is 0.630. The van der Waals surface area contributed by atoms with Crippen LogP contribution in [-0.2, 0) is 0 Å². The van der Waals surface area contributed by atoms with Gasteiger partial charge in [0.25, 0.3) is 0 Å². The van der Waals surface area contributed by atoms with Gasteiger partial charge < -0.3 is 0 Å². The average Bonchev–Trinajstić information content (AvgIpc) is 1.81. The number of halogens is 1. The molecule has 44 valence electrons. The largest absolute Gasteiger partial charge is 0.126 e. The fourth-order valence-corrected chi connectivity index (χ4v) is 0.356. The van der Waals surface area contributed by atoms with E-state index in [0.717, 1.165) is 6.42 Å². The molecule has 0 atom stereocenters. The SMILES string of the molecule is C/C=C/C#CCCCl. The normalized spacial score (nSPS) is 8.75. The van der Waals surface area contributed by atoms with Crippen LogP contribution in [0.25, 0.3) is 0 Å². The highest BCUT2D eigenvalue weighted by atomic mass is 35.5. The lowest BCUT2D eigenvalue weighted by molar-refractivity contribution is 1.29. The van der Waals surface area contributed by atoms with Crippen molar-refractivity contribution in [3.63, 3.8) is 0 Å². The third-order valence-electron chi connectivity index (χ3n) is 0.572. The molecule has 0 nitrogen and oxygen atoms in total. The van der Waals surface area contributed by atoms with Crippen LogP contribution in [0.1, 0.15) is 13.3 Å². The first-order valence-electron chi connectivity index (χ1n) is 2.57. The van der Waals surface area contributed by atoms with Gasteiger partial charge in [0.2, 0.25) is 0 Å². The summed E-state index contributed by atoms with van der Waals surface area (Å²) in [5.41, 5.74) is 0. The van der Waals surface area contributed by atoms with Gasteiger partial charge in [-0.2, -0.15) is 0 Å². The van der Waals surface area contributed by atoms with E-state index in [1.165, 1.54) is 0 Å². The molecule has 0 aliphatic heterocycles. The Hall–Kier alpha value is -0.410. The molecule has 0 amide bonds. The Kier molecular flexibility index (Phi) is 6.25. The minimum atomic E-state index is 0.630. The van der Waals surface area contributed by atoms with Crippen LogP contribution in [-0.4, -0.2) is 5.88 Å². The maximum absolute atomic E-state index is 5.35. The van der Waals surface area contributed by atoms with Gasteiger partial charge in [-0.15, -0.1) is 11.6 Å². The van der Waals surface area contributed by atoms with Gasteiger partial charge in [0.15, 0.2) is 0 Å². The molecule has 0 spiro atoms. The van der Waals surface area contributed by atoms with Crippen molar-refractivity contribution < 1.29 is 0 Å². The van der Waals surface area contributed by atoms with Gasteiger partial charge in [0, 0.05) is 12.3 Å². The Bertz CT molecular complexity index is 114. The van der Waals surface area contributed by atoms with E-state index in [9.17, 15) is 0 Å². The zero-order chi connectivity index (χ0) is 6.24. The molecule has 0 aromatic rings. The molecular weight excluding hydrogens is 120 g/mol. The molecule has 0 bridgehead atoms. The van der Waals surface area contributed by atoms with E-state index in [1.807, 2.05) is 19.1 Å². The fourth-order valence-electron chi connectivity index (χ4n) is 0.262. The van der Waals surface area contributed by atoms with Crippen molar-refractivity contribution in [2.24, 2.45) is 0 Å². The summed E-state index contributed by atoms with van der Waals surface area (Å²) >= 11 is 5.35. The molecule has 0 saturated carbocycles. The van der Waals surface area contributed by atoms with E-state index in [-0.39, 0.29) is 0 Å². The second-order valence-corrected chi connectivity index (χ2v) is 1.64. The number of hydrogen-bond acceptors (Lipinski definition) is 0. The number of alkyl halides is 1. The van der Waals surface area contributed by atoms with Crippen LogP contribution in [0.15, 0.2) is 12.2 Å². The molecule has 0 aromatic carbocycles. The van der Waals surface area contributed by atoms with Gasteiger partial charge in [-0.05, 0) is 13.0 Å². The molecular formula is C7H9Cl. The Morgan fingerprint density at radius 1 is 1.62 bits per heavy atom.